The summed E-state index contributed by atoms with van der Waals surface area (Å²) in [5.41, 5.74) is -0.501. The summed E-state index contributed by atoms with van der Waals surface area (Å²) in [7, 11) is 1.52. The van der Waals surface area contributed by atoms with E-state index in [2.05, 4.69) is 15.9 Å². The minimum atomic E-state index is -1.05. The van der Waals surface area contributed by atoms with Crippen LogP contribution in [-0.4, -0.2) is 24.8 Å². The largest absolute Gasteiger partial charge is 0.496 e. The Balaban J connectivity index is 3.14. The van der Waals surface area contributed by atoms with Crippen LogP contribution < -0.4 is 4.74 Å². The topological polar surface area (TPSA) is 55.8 Å². The van der Waals surface area contributed by atoms with Gasteiger partial charge in [-0.15, -0.1) is 0 Å². The molecule has 0 radical (unpaired) electrons. The Kier molecular flexibility index (Phi) is 5.38. The molecule has 1 N–H and O–H groups in total. The number of esters is 1. The van der Waals surface area contributed by atoms with Gasteiger partial charge < -0.3 is 14.6 Å². The SMILES string of the molecule is CCOC(=O)C(C)(C)C(O)c1cc(Br)ccc1OC. The van der Waals surface area contributed by atoms with E-state index in [9.17, 15) is 9.90 Å². The van der Waals surface area contributed by atoms with Crippen LogP contribution >= 0.6 is 15.9 Å². The Morgan fingerprint density at radius 1 is 1.47 bits per heavy atom. The van der Waals surface area contributed by atoms with E-state index in [4.69, 9.17) is 9.47 Å². The van der Waals surface area contributed by atoms with Gasteiger partial charge in [0.1, 0.15) is 5.75 Å². The third kappa shape index (κ3) is 3.48. The van der Waals surface area contributed by atoms with Crippen LogP contribution in [0.5, 0.6) is 5.75 Å². The van der Waals surface area contributed by atoms with Gasteiger partial charge in [0.05, 0.1) is 25.2 Å². The van der Waals surface area contributed by atoms with E-state index in [1.807, 2.05) is 6.07 Å². The number of hydrogen-bond acceptors (Lipinski definition) is 4. The van der Waals surface area contributed by atoms with Crippen LogP contribution in [0.25, 0.3) is 0 Å². The van der Waals surface area contributed by atoms with E-state index >= 15 is 0 Å². The number of rotatable bonds is 5. The first kappa shape index (κ1) is 16.0. The molecule has 1 aromatic rings. The predicted molar refractivity (Wildman–Crippen MR) is 76.1 cm³/mol. The van der Waals surface area contributed by atoms with Gasteiger partial charge in [0, 0.05) is 10.0 Å². The van der Waals surface area contributed by atoms with Crippen molar-refractivity contribution in [2.24, 2.45) is 5.41 Å². The van der Waals surface area contributed by atoms with Gasteiger partial charge in [-0.3, -0.25) is 4.79 Å². The number of aliphatic hydroxyl groups excluding tert-OH is 1. The van der Waals surface area contributed by atoms with Crippen LogP contribution in [0.15, 0.2) is 22.7 Å². The zero-order valence-corrected chi connectivity index (χ0v) is 13.2. The molecule has 0 saturated carbocycles. The van der Waals surface area contributed by atoms with Crippen LogP contribution in [0.3, 0.4) is 0 Å². The zero-order valence-electron chi connectivity index (χ0n) is 11.6. The summed E-state index contributed by atoms with van der Waals surface area (Å²) in [5, 5.41) is 10.5. The second-order valence-corrected chi connectivity index (χ2v) is 5.65. The molecule has 1 rings (SSSR count). The van der Waals surface area contributed by atoms with Crippen LogP contribution in [0.4, 0.5) is 0 Å². The molecule has 5 heteroatoms. The number of hydrogen-bond donors (Lipinski definition) is 1. The molecule has 1 aromatic carbocycles. The van der Waals surface area contributed by atoms with Gasteiger partial charge in [0.25, 0.3) is 0 Å². The number of carbonyl (C=O) groups excluding carboxylic acids is 1. The first-order valence-electron chi connectivity index (χ1n) is 6.03. The average molecular weight is 331 g/mol. The lowest BCUT2D eigenvalue weighted by Crippen LogP contribution is -2.33. The lowest BCUT2D eigenvalue weighted by Gasteiger charge is -2.29. The molecule has 0 aliphatic heterocycles. The fourth-order valence-electron chi connectivity index (χ4n) is 1.74. The smallest absolute Gasteiger partial charge is 0.314 e. The maximum Gasteiger partial charge on any atom is 0.314 e. The molecule has 1 atom stereocenters. The first-order valence-corrected chi connectivity index (χ1v) is 6.82. The quantitative estimate of drug-likeness (QED) is 0.843. The highest BCUT2D eigenvalue weighted by atomic mass is 79.9. The van der Waals surface area contributed by atoms with Gasteiger partial charge >= 0.3 is 5.97 Å². The Morgan fingerprint density at radius 2 is 2.11 bits per heavy atom. The maximum atomic E-state index is 11.9. The van der Waals surface area contributed by atoms with E-state index in [1.54, 1.807) is 32.9 Å². The maximum absolute atomic E-state index is 11.9. The molecule has 0 bridgehead atoms. The number of ether oxygens (including phenoxy) is 2. The van der Waals surface area contributed by atoms with Gasteiger partial charge in [0.15, 0.2) is 0 Å². The molecule has 0 saturated heterocycles. The van der Waals surface area contributed by atoms with E-state index in [0.717, 1.165) is 4.47 Å². The summed E-state index contributed by atoms with van der Waals surface area (Å²) < 4.78 is 11.0. The molecule has 0 fully saturated rings. The number of benzene rings is 1. The Morgan fingerprint density at radius 3 is 2.63 bits per heavy atom. The predicted octanol–water partition coefficient (Wildman–Crippen LogP) is 3.08. The molecular weight excluding hydrogens is 312 g/mol. The van der Waals surface area contributed by atoms with Gasteiger partial charge in [0.2, 0.25) is 0 Å². The summed E-state index contributed by atoms with van der Waals surface area (Å²) in [6.07, 6.45) is -1.01. The Labute approximate surface area is 121 Å². The van der Waals surface area contributed by atoms with Crippen molar-refractivity contribution in [3.8, 4) is 5.75 Å². The molecule has 0 amide bonds. The summed E-state index contributed by atoms with van der Waals surface area (Å²) in [6.45, 7) is 5.32. The summed E-state index contributed by atoms with van der Waals surface area (Å²) in [5.74, 6) is 0.0950. The van der Waals surface area contributed by atoms with Crippen LogP contribution in [0, 0.1) is 5.41 Å². The van der Waals surface area contributed by atoms with Crippen molar-refractivity contribution in [3.05, 3.63) is 28.2 Å². The highest BCUT2D eigenvalue weighted by molar-refractivity contribution is 9.10. The standard InChI is InChI=1S/C14H19BrO4/c1-5-19-13(17)14(2,3)12(16)10-8-9(15)6-7-11(10)18-4/h6-8,12,16H,5H2,1-4H3. The second kappa shape index (κ2) is 6.39. The van der Waals surface area contributed by atoms with Crippen molar-refractivity contribution in [1.82, 2.24) is 0 Å². The molecule has 19 heavy (non-hydrogen) atoms. The van der Waals surface area contributed by atoms with Crippen LogP contribution in [0.2, 0.25) is 0 Å². The van der Waals surface area contributed by atoms with Crippen molar-refractivity contribution < 1.29 is 19.4 Å². The molecule has 106 valence electrons. The second-order valence-electron chi connectivity index (χ2n) is 4.73. The molecule has 0 aromatic heterocycles. The highest BCUT2D eigenvalue weighted by Gasteiger charge is 2.39. The van der Waals surface area contributed by atoms with Gasteiger partial charge in [-0.2, -0.15) is 0 Å². The minimum absolute atomic E-state index is 0.282. The molecule has 0 heterocycles. The van der Waals surface area contributed by atoms with E-state index in [0.29, 0.717) is 11.3 Å². The summed E-state index contributed by atoms with van der Waals surface area (Å²) >= 11 is 3.35. The lowest BCUT2D eigenvalue weighted by atomic mass is 9.82. The fourth-order valence-corrected chi connectivity index (χ4v) is 2.12. The first-order chi connectivity index (χ1) is 8.84. The zero-order chi connectivity index (χ0) is 14.6. The molecule has 0 spiro atoms. The van der Waals surface area contributed by atoms with Gasteiger partial charge in [-0.1, -0.05) is 15.9 Å². The molecule has 1 unspecified atom stereocenters. The van der Waals surface area contributed by atoms with Crippen LogP contribution in [-0.2, 0) is 9.53 Å². The third-order valence-electron chi connectivity index (χ3n) is 2.97. The van der Waals surface area contributed by atoms with E-state index in [-0.39, 0.29) is 6.61 Å². The Bertz CT molecular complexity index is 457. The van der Waals surface area contributed by atoms with Crippen molar-refractivity contribution in [2.75, 3.05) is 13.7 Å². The summed E-state index contributed by atoms with van der Waals surface area (Å²) in [4.78, 5) is 11.9. The average Bonchev–Trinajstić information content (AvgIpc) is 2.38. The van der Waals surface area contributed by atoms with Crippen molar-refractivity contribution >= 4 is 21.9 Å². The highest BCUT2D eigenvalue weighted by Crippen LogP contribution is 2.39. The normalized spacial score (nSPS) is 12.9. The Hall–Kier alpha value is -1.07. The summed E-state index contributed by atoms with van der Waals surface area (Å²) in [6, 6.07) is 5.29. The van der Waals surface area contributed by atoms with Gasteiger partial charge in [-0.05, 0) is 39.0 Å². The van der Waals surface area contributed by atoms with Crippen LogP contribution in [0.1, 0.15) is 32.4 Å². The van der Waals surface area contributed by atoms with E-state index < -0.39 is 17.5 Å². The third-order valence-corrected chi connectivity index (χ3v) is 3.46. The number of aliphatic hydroxyl groups is 1. The molecule has 4 nitrogen and oxygen atoms in total. The number of carbonyl (C=O) groups is 1. The number of methoxy groups -OCH3 is 1. The molecule has 0 aliphatic carbocycles. The fraction of sp³-hybridized carbons (Fsp3) is 0.500. The minimum Gasteiger partial charge on any atom is -0.496 e. The van der Waals surface area contributed by atoms with Crippen molar-refractivity contribution in [3.63, 3.8) is 0 Å². The molecular formula is C14H19BrO4. The van der Waals surface area contributed by atoms with Crippen molar-refractivity contribution in [1.29, 1.82) is 0 Å². The number of halogens is 1. The van der Waals surface area contributed by atoms with Crippen molar-refractivity contribution in [2.45, 2.75) is 26.9 Å². The van der Waals surface area contributed by atoms with Gasteiger partial charge in [-0.25, -0.2) is 0 Å². The van der Waals surface area contributed by atoms with E-state index in [1.165, 1.54) is 7.11 Å². The lowest BCUT2D eigenvalue weighted by molar-refractivity contribution is -0.160. The monoisotopic (exact) mass is 330 g/mol. The molecule has 0 aliphatic rings.